The van der Waals surface area contributed by atoms with Crippen LogP contribution in [0.15, 0.2) is 82.3 Å². The van der Waals surface area contributed by atoms with Gasteiger partial charge in [0.05, 0.1) is 6.21 Å². The number of hydrogen-bond donors (Lipinski definition) is 2. The first-order chi connectivity index (χ1) is 11.8. The highest BCUT2D eigenvalue weighted by atomic mass is 32.1. The lowest BCUT2D eigenvalue weighted by atomic mass is 10.2. The van der Waals surface area contributed by atoms with Gasteiger partial charge in [-0.1, -0.05) is 60.7 Å². The molecule has 0 saturated carbocycles. The Kier molecular flexibility index (Phi) is 5.37. The number of hydrogen-bond acceptors (Lipinski definition) is 3. The van der Waals surface area contributed by atoms with Crippen molar-refractivity contribution >= 4 is 23.5 Å². The van der Waals surface area contributed by atoms with Gasteiger partial charge in [0, 0.05) is 12.1 Å². The molecule has 0 fully saturated rings. The molecule has 5 heteroatoms. The third-order valence-corrected chi connectivity index (χ3v) is 3.57. The molecule has 4 nitrogen and oxygen atoms in total. The summed E-state index contributed by atoms with van der Waals surface area (Å²) in [5, 5.41) is 7.64. The number of nitrogens with zero attached hydrogens (tertiary/aromatic N) is 1. The zero-order chi connectivity index (χ0) is 16.6. The van der Waals surface area contributed by atoms with Crippen LogP contribution < -0.4 is 10.7 Å². The Bertz CT molecular complexity index is 813. The molecule has 120 valence electrons. The van der Waals surface area contributed by atoms with Crippen LogP contribution in [0.5, 0.6) is 0 Å². The molecule has 0 aliphatic rings. The van der Waals surface area contributed by atoms with E-state index in [9.17, 15) is 0 Å². The first-order valence-corrected chi connectivity index (χ1v) is 7.98. The Morgan fingerprint density at radius 2 is 1.67 bits per heavy atom. The van der Waals surface area contributed by atoms with Crippen LogP contribution in [-0.4, -0.2) is 11.3 Å². The molecular formula is C19H17N3OS. The van der Waals surface area contributed by atoms with Crippen LogP contribution in [-0.2, 0) is 6.54 Å². The average Bonchev–Trinajstić information content (AvgIpc) is 3.11. The lowest BCUT2D eigenvalue weighted by Gasteiger charge is -2.06. The minimum atomic E-state index is 0.463. The van der Waals surface area contributed by atoms with E-state index in [0.717, 1.165) is 16.9 Å². The fourth-order valence-electron chi connectivity index (χ4n) is 2.15. The van der Waals surface area contributed by atoms with Gasteiger partial charge in [-0.05, 0) is 29.9 Å². The largest absolute Gasteiger partial charge is 0.455 e. The van der Waals surface area contributed by atoms with Crippen LogP contribution in [0.3, 0.4) is 0 Å². The van der Waals surface area contributed by atoms with Crippen molar-refractivity contribution in [2.45, 2.75) is 6.54 Å². The van der Waals surface area contributed by atoms with Gasteiger partial charge < -0.3 is 9.73 Å². The van der Waals surface area contributed by atoms with E-state index in [0.29, 0.717) is 17.4 Å². The van der Waals surface area contributed by atoms with E-state index in [2.05, 4.69) is 15.8 Å². The molecule has 2 N–H and O–H groups in total. The van der Waals surface area contributed by atoms with Crippen molar-refractivity contribution in [2.75, 3.05) is 0 Å². The Morgan fingerprint density at radius 3 is 2.42 bits per heavy atom. The van der Waals surface area contributed by atoms with Crippen LogP contribution in [0, 0.1) is 0 Å². The third-order valence-electron chi connectivity index (χ3n) is 3.34. The number of thiocarbonyl (C=S) groups is 1. The zero-order valence-electron chi connectivity index (χ0n) is 13.0. The second-order valence-electron chi connectivity index (χ2n) is 5.11. The summed E-state index contributed by atoms with van der Waals surface area (Å²) in [5.74, 6) is 1.47. The molecule has 3 aromatic rings. The number of furan rings is 1. The van der Waals surface area contributed by atoms with E-state index in [1.54, 1.807) is 6.21 Å². The van der Waals surface area contributed by atoms with Crippen LogP contribution >= 0.6 is 12.2 Å². The zero-order valence-corrected chi connectivity index (χ0v) is 13.8. The molecule has 0 aliphatic carbocycles. The lowest BCUT2D eigenvalue weighted by molar-refractivity contribution is 0.574. The van der Waals surface area contributed by atoms with Gasteiger partial charge in [-0.15, -0.1) is 0 Å². The first-order valence-electron chi connectivity index (χ1n) is 7.57. The van der Waals surface area contributed by atoms with Crippen molar-refractivity contribution in [3.05, 3.63) is 84.1 Å². The minimum Gasteiger partial charge on any atom is -0.455 e. The van der Waals surface area contributed by atoms with Gasteiger partial charge >= 0.3 is 0 Å². The van der Waals surface area contributed by atoms with E-state index >= 15 is 0 Å². The molecule has 1 aromatic heterocycles. The molecule has 2 aromatic carbocycles. The Hall–Kier alpha value is -2.92. The molecule has 0 unspecified atom stereocenters. The highest BCUT2D eigenvalue weighted by Gasteiger charge is 2.02. The van der Waals surface area contributed by atoms with Crippen molar-refractivity contribution < 1.29 is 4.42 Å². The summed E-state index contributed by atoms with van der Waals surface area (Å²) in [4.78, 5) is 0. The molecule has 0 radical (unpaired) electrons. The Labute approximate surface area is 146 Å². The molecule has 0 atom stereocenters. The summed E-state index contributed by atoms with van der Waals surface area (Å²) < 4.78 is 5.73. The number of benzene rings is 2. The lowest BCUT2D eigenvalue weighted by Crippen LogP contribution is -2.31. The van der Waals surface area contributed by atoms with Gasteiger partial charge in [-0.2, -0.15) is 5.10 Å². The fraction of sp³-hybridized carbons (Fsp3) is 0.0526. The van der Waals surface area contributed by atoms with Crippen molar-refractivity contribution in [2.24, 2.45) is 5.10 Å². The predicted molar refractivity (Wildman–Crippen MR) is 101 cm³/mol. The van der Waals surface area contributed by atoms with E-state index in [-0.39, 0.29) is 0 Å². The second kappa shape index (κ2) is 8.08. The van der Waals surface area contributed by atoms with Crippen LogP contribution in [0.2, 0.25) is 0 Å². The quantitative estimate of drug-likeness (QED) is 0.421. The SMILES string of the molecule is S=C(NCc1ccccc1)NN=Cc1ccc(-c2ccccc2)o1. The molecule has 0 saturated heterocycles. The second-order valence-corrected chi connectivity index (χ2v) is 5.51. The monoisotopic (exact) mass is 335 g/mol. The molecule has 0 aliphatic heterocycles. The normalized spacial score (nSPS) is 10.7. The fourth-order valence-corrected chi connectivity index (χ4v) is 2.28. The van der Waals surface area contributed by atoms with Crippen LogP contribution in [0.4, 0.5) is 0 Å². The summed E-state index contributed by atoms with van der Waals surface area (Å²) >= 11 is 5.18. The van der Waals surface area contributed by atoms with Crippen molar-refractivity contribution in [1.29, 1.82) is 0 Å². The van der Waals surface area contributed by atoms with Gasteiger partial charge in [0.2, 0.25) is 0 Å². The van der Waals surface area contributed by atoms with Gasteiger partial charge in [-0.25, -0.2) is 0 Å². The molecule has 0 spiro atoms. The number of nitrogens with one attached hydrogen (secondary N) is 2. The molecule has 0 amide bonds. The Morgan fingerprint density at radius 1 is 0.958 bits per heavy atom. The molecule has 3 rings (SSSR count). The standard InChI is InChI=1S/C19H17N3OS/c24-19(20-13-15-7-3-1-4-8-15)22-21-14-17-11-12-18(23-17)16-9-5-2-6-10-16/h1-12,14H,13H2,(H2,20,22,24). The maximum atomic E-state index is 5.73. The molecule has 1 heterocycles. The van der Waals surface area contributed by atoms with Gasteiger partial charge in [0.25, 0.3) is 0 Å². The van der Waals surface area contributed by atoms with E-state index < -0.39 is 0 Å². The smallest absolute Gasteiger partial charge is 0.187 e. The maximum Gasteiger partial charge on any atom is 0.187 e. The van der Waals surface area contributed by atoms with Gasteiger partial charge in [0.15, 0.2) is 5.11 Å². The summed E-state index contributed by atoms with van der Waals surface area (Å²) in [6.45, 7) is 0.654. The van der Waals surface area contributed by atoms with E-state index in [1.807, 2.05) is 72.8 Å². The van der Waals surface area contributed by atoms with Crippen LogP contribution in [0.25, 0.3) is 11.3 Å². The molecule has 0 bridgehead atoms. The molecular weight excluding hydrogens is 318 g/mol. The van der Waals surface area contributed by atoms with Crippen molar-refractivity contribution in [1.82, 2.24) is 10.7 Å². The van der Waals surface area contributed by atoms with Crippen LogP contribution in [0.1, 0.15) is 11.3 Å². The summed E-state index contributed by atoms with van der Waals surface area (Å²) in [6.07, 6.45) is 1.60. The topological polar surface area (TPSA) is 49.6 Å². The van der Waals surface area contributed by atoms with Gasteiger partial charge in [-0.3, -0.25) is 5.43 Å². The number of hydrazone groups is 1. The average molecular weight is 335 g/mol. The minimum absolute atomic E-state index is 0.463. The van der Waals surface area contributed by atoms with E-state index in [1.165, 1.54) is 0 Å². The Balaban J connectivity index is 1.49. The van der Waals surface area contributed by atoms with Gasteiger partial charge in [0.1, 0.15) is 11.5 Å². The number of rotatable bonds is 5. The highest BCUT2D eigenvalue weighted by Crippen LogP contribution is 2.20. The molecule has 24 heavy (non-hydrogen) atoms. The summed E-state index contributed by atoms with van der Waals surface area (Å²) in [5.41, 5.74) is 4.97. The highest BCUT2D eigenvalue weighted by molar-refractivity contribution is 7.80. The summed E-state index contributed by atoms with van der Waals surface area (Å²) in [6, 6.07) is 23.8. The predicted octanol–water partition coefficient (Wildman–Crippen LogP) is 3.94. The van der Waals surface area contributed by atoms with E-state index in [4.69, 9.17) is 16.6 Å². The summed E-state index contributed by atoms with van der Waals surface area (Å²) in [7, 11) is 0. The van der Waals surface area contributed by atoms with Crippen molar-refractivity contribution in [3.8, 4) is 11.3 Å². The maximum absolute atomic E-state index is 5.73. The van der Waals surface area contributed by atoms with Crippen molar-refractivity contribution in [3.63, 3.8) is 0 Å². The first kappa shape index (κ1) is 16.0. The third kappa shape index (κ3) is 4.54.